The summed E-state index contributed by atoms with van der Waals surface area (Å²) in [5, 5.41) is 5.86. The molecule has 28 heavy (non-hydrogen) atoms. The molecular weight excluding hydrogens is 358 g/mol. The highest BCUT2D eigenvalue weighted by Gasteiger charge is 2.19. The number of rotatable bonds is 6. The van der Waals surface area contributed by atoms with Gasteiger partial charge in [0.1, 0.15) is 0 Å². The van der Waals surface area contributed by atoms with Crippen molar-refractivity contribution in [3.05, 3.63) is 58.8 Å². The summed E-state index contributed by atoms with van der Waals surface area (Å²) in [4.78, 5) is 33.4. The number of nitrogens with one attached hydrogen (secondary N) is 2. The van der Waals surface area contributed by atoms with Crippen molar-refractivity contribution in [3.63, 3.8) is 0 Å². The molecule has 3 aromatic heterocycles. The van der Waals surface area contributed by atoms with Gasteiger partial charge in [-0.2, -0.15) is 0 Å². The van der Waals surface area contributed by atoms with Crippen molar-refractivity contribution in [1.29, 1.82) is 0 Å². The van der Waals surface area contributed by atoms with E-state index in [1.165, 1.54) is 18.0 Å². The summed E-state index contributed by atoms with van der Waals surface area (Å²) in [5.74, 6) is 0.617. The summed E-state index contributed by atoms with van der Waals surface area (Å²) in [5.41, 5.74) is 1.03. The van der Waals surface area contributed by atoms with Crippen molar-refractivity contribution in [3.8, 4) is 22.8 Å². The van der Waals surface area contributed by atoms with Crippen LogP contribution in [-0.4, -0.2) is 38.3 Å². The Morgan fingerprint density at radius 3 is 2.71 bits per heavy atom. The van der Waals surface area contributed by atoms with Gasteiger partial charge in [-0.15, -0.1) is 0 Å². The topological polar surface area (TPSA) is 102 Å². The molecule has 0 atom stereocenters. The zero-order valence-electron chi connectivity index (χ0n) is 16.3. The molecule has 0 aromatic carbocycles. The number of aromatic nitrogens is 4. The van der Waals surface area contributed by atoms with Crippen LogP contribution in [0.5, 0.6) is 5.88 Å². The fourth-order valence-corrected chi connectivity index (χ4v) is 2.56. The van der Waals surface area contributed by atoms with Crippen LogP contribution in [0.1, 0.15) is 37.6 Å². The third-order valence-electron chi connectivity index (χ3n) is 4.60. The first kappa shape index (κ1) is 19.3. The van der Waals surface area contributed by atoms with Crippen LogP contribution in [0, 0.1) is 0 Å². The molecule has 1 amide bonds. The van der Waals surface area contributed by atoms with Gasteiger partial charge in [-0.25, -0.2) is 14.6 Å². The Labute approximate surface area is 162 Å². The van der Waals surface area contributed by atoms with Gasteiger partial charge >= 0.3 is 0 Å². The van der Waals surface area contributed by atoms with E-state index in [9.17, 15) is 9.59 Å². The third kappa shape index (κ3) is 3.95. The molecule has 8 heteroatoms. The van der Waals surface area contributed by atoms with E-state index in [1.807, 2.05) is 20.8 Å². The SMILES string of the molecule is CCC(C)(C)NC(=O)c1ccc(-n2[nH]cc(-c3ccnc(OC)c3)c2=O)nc1. The highest BCUT2D eigenvalue weighted by atomic mass is 16.5. The molecule has 0 aliphatic carbocycles. The van der Waals surface area contributed by atoms with Crippen molar-refractivity contribution >= 4 is 5.91 Å². The van der Waals surface area contributed by atoms with Crippen LogP contribution in [0.15, 0.2) is 47.7 Å². The lowest BCUT2D eigenvalue weighted by atomic mass is 10.0. The Morgan fingerprint density at radius 1 is 1.29 bits per heavy atom. The van der Waals surface area contributed by atoms with E-state index in [0.29, 0.717) is 28.4 Å². The summed E-state index contributed by atoms with van der Waals surface area (Å²) < 4.78 is 6.42. The van der Waals surface area contributed by atoms with Crippen molar-refractivity contribution < 1.29 is 9.53 Å². The summed E-state index contributed by atoms with van der Waals surface area (Å²) in [6.07, 6.45) is 5.45. The Hall–Kier alpha value is -3.42. The number of aromatic amines is 1. The number of H-pyrrole nitrogens is 1. The number of pyridine rings is 2. The van der Waals surface area contributed by atoms with Crippen LogP contribution in [0.3, 0.4) is 0 Å². The van der Waals surface area contributed by atoms with Gasteiger partial charge < -0.3 is 10.1 Å². The van der Waals surface area contributed by atoms with Crippen LogP contribution in [0.2, 0.25) is 0 Å². The van der Waals surface area contributed by atoms with Gasteiger partial charge in [0, 0.05) is 30.2 Å². The van der Waals surface area contributed by atoms with E-state index in [-0.39, 0.29) is 17.0 Å². The zero-order valence-corrected chi connectivity index (χ0v) is 16.3. The van der Waals surface area contributed by atoms with Gasteiger partial charge in [-0.1, -0.05) is 6.92 Å². The van der Waals surface area contributed by atoms with E-state index in [4.69, 9.17) is 4.74 Å². The fourth-order valence-electron chi connectivity index (χ4n) is 2.56. The average molecular weight is 381 g/mol. The van der Waals surface area contributed by atoms with Crippen molar-refractivity contribution in [2.75, 3.05) is 7.11 Å². The standard InChI is InChI=1S/C20H23N5O3/c1-5-20(2,3)24-18(26)14-6-7-16(22-11-14)25-19(27)15(12-23-25)13-8-9-21-17(10-13)28-4/h6-12,23H,5H2,1-4H3,(H,24,26). The predicted molar refractivity (Wildman–Crippen MR) is 106 cm³/mol. The largest absolute Gasteiger partial charge is 0.481 e. The number of nitrogens with zero attached hydrogens (tertiary/aromatic N) is 3. The first-order valence-electron chi connectivity index (χ1n) is 8.94. The lowest BCUT2D eigenvalue weighted by molar-refractivity contribution is 0.0911. The second-order valence-electron chi connectivity index (χ2n) is 7.01. The van der Waals surface area contributed by atoms with Crippen LogP contribution in [0.25, 0.3) is 16.9 Å². The molecule has 0 spiro atoms. The maximum Gasteiger partial charge on any atom is 0.280 e. The number of hydrogen-bond donors (Lipinski definition) is 2. The van der Waals surface area contributed by atoms with E-state index in [2.05, 4.69) is 20.4 Å². The Morgan fingerprint density at radius 2 is 2.07 bits per heavy atom. The van der Waals surface area contributed by atoms with E-state index < -0.39 is 0 Å². The summed E-state index contributed by atoms with van der Waals surface area (Å²) in [6, 6.07) is 6.69. The normalized spacial score (nSPS) is 11.3. The minimum atomic E-state index is -0.299. The molecule has 0 unspecified atom stereocenters. The molecule has 146 valence electrons. The minimum Gasteiger partial charge on any atom is -0.481 e. The summed E-state index contributed by atoms with van der Waals surface area (Å²) >= 11 is 0. The van der Waals surface area contributed by atoms with Crippen LogP contribution in [-0.2, 0) is 0 Å². The molecule has 2 N–H and O–H groups in total. The van der Waals surface area contributed by atoms with E-state index in [1.54, 1.807) is 36.7 Å². The van der Waals surface area contributed by atoms with Gasteiger partial charge in [-0.05, 0) is 44.0 Å². The van der Waals surface area contributed by atoms with Gasteiger partial charge in [0.15, 0.2) is 5.82 Å². The highest BCUT2D eigenvalue weighted by molar-refractivity contribution is 5.94. The number of carbonyl (C=O) groups excluding carboxylic acids is 1. The highest BCUT2D eigenvalue weighted by Crippen LogP contribution is 2.19. The van der Waals surface area contributed by atoms with Gasteiger partial charge in [0.25, 0.3) is 11.5 Å². The van der Waals surface area contributed by atoms with Crippen LogP contribution >= 0.6 is 0 Å². The lowest BCUT2D eigenvalue weighted by Gasteiger charge is -2.24. The summed E-state index contributed by atoms with van der Waals surface area (Å²) in [7, 11) is 1.52. The monoisotopic (exact) mass is 381 g/mol. The molecule has 0 aliphatic rings. The van der Waals surface area contributed by atoms with Gasteiger partial charge in [0.2, 0.25) is 5.88 Å². The number of ether oxygens (including phenoxy) is 1. The zero-order chi connectivity index (χ0) is 20.3. The van der Waals surface area contributed by atoms with E-state index >= 15 is 0 Å². The molecule has 0 saturated carbocycles. The second kappa shape index (κ2) is 7.67. The fraction of sp³-hybridized carbons (Fsp3) is 0.300. The van der Waals surface area contributed by atoms with Crippen LogP contribution in [0.4, 0.5) is 0 Å². The Bertz CT molecular complexity index is 1030. The Balaban J connectivity index is 1.86. The first-order chi connectivity index (χ1) is 13.3. The second-order valence-corrected chi connectivity index (χ2v) is 7.01. The number of carbonyl (C=O) groups is 1. The molecular formula is C20H23N5O3. The molecule has 3 aromatic rings. The van der Waals surface area contributed by atoms with Crippen molar-refractivity contribution in [2.24, 2.45) is 0 Å². The van der Waals surface area contributed by atoms with Crippen molar-refractivity contribution in [2.45, 2.75) is 32.7 Å². The van der Waals surface area contributed by atoms with Gasteiger partial charge in [0.05, 0.1) is 18.2 Å². The molecule has 0 saturated heterocycles. The number of amides is 1. The third-order valence-corrected chi connectivity index (χ3v) is 4.60. The molecule has 0 bridgehead atoms. The smallest absolute Gasteiger partial charge is 0.280 e. The first-order valence-corrected chi connectivity index (χ1v) is 8.94. The minimum absolute atomic E-state index is 0.200. The molecule has 0 radical (unpaired) electrons. The lowest BCUT2D eigenvalue weighted by Crippen LogP contribution is -2.42. The predicted octanol–water partition coefficient (Wildman–Crippen LogP) is 2.55. The maximum absolute atomic E-state index is 12.8. The average Bonchev–Trinajstić information content (AvgIpc) is 3.09. The maximum atomic E-state index is 12.8. The molecule has 3 rings (SSSR count). The molecule has 8 nitrogen and oxygen atoms in total. The van der Waals surface area contributed by atoms with Crippen molar-refractivity contribution in [1.82, 2.24) is 25.1 Å². The van der Waals surface area contributed by atoms with Crippen LogP contribution < -0.4 is 15.6 Å². The number of methoxy groups -OCH3 is 1. The summed E-state index contributed by atoms with van der Waals surface area (Å²) in [6.45, 7) is 5.93. The Kier molecular flexibility index (Phi) is 5.30. The molecule has 0 aliphatic heterocycles. The van der Waals surface area contributed by atoms with Gasteiger partial charge in [-0.3, -0.25) is 14.7 Å². The molecule has 3 heterocycles. The molecule has 0 fully saturated rings. The number of hydrogen-bond acceptors (Lipinski definition) is 5. The van der Waals surface area contributed by atoms with E-state index in [0.717, 1.165) is 6.42 Å². The quantitative estimate of drug-likeness (QED) is 0.683.